The first-order valence-corrected chi connectivity index (χ1v) is 6.29. The molecule has 0 fully saturated rings. The Bertz CT molecular complexity index is 404. The highest BCUT2D eigenvalue weighted by molar-refractivity contribution is 5.95. The molecule has 0 spiro atoms. The number of hydrogen-bond donors (Lipinski definition) is 2. The molecule has 4 heteroatoms. The topological polar surface area (TPSA) is 58.4 Å². The molecule has 1 aromatic carbocycles. The first-order chi connectivity index (χ1) is 8.45. The number of rotatable bonds is 5. The normalized spacial score (nSPS) is 13.8. The zero-order valence-electron chi connectivity index (χ0n) is 11.6. The zero-order valence-corrected chi connectivity index (χ0v) is 11.6. The first kappa shape index (κ1) is 14.5. The zero-order chi connectivity index (χ0) is 13.7. The van der Waals surface area contributed by atoms with Gasteiger partial charge in [-0.15, -0.1) is 0 Å². The van der Waals surface area contributed by atoms with Crippen molar-refractivity contribution in [2.75, 3.05) is 24.3 Å². The van der Waals surface area contributed by atoms with Crippen molar-refractivity contribution in [2.24, 2.45) is 11.7 Å². The molecule has 100 valence electrons. The summed E-state index contributed by atoms with van der Waals surface area (Å²) in [6, 6.07) is 7.25. The van der Waals surface area contributed by atoms with Gasteiger partial charge in [-0.05, 0) is 24.1 Å². The van der Waals surface area contributed by atoms with Crippen LogP contribution in [0, 0.1) is 5.92 Å². The molecule has 2 atom stereocenters. The van der Waals surface area contributed by atoms with Gasteiger partial charge in [-0.2, -0.15) is 0 Å². The number of nitrogens with two attached hydrogens (primary N) is 1. The predicted octanol–water partition coefficient (Wildman–Crippen LogP) is 2.06. The molecular formula is C14H23N3O. The van der Waals surface area contributed by atoms with Gasteiger partial charge >= 0.3 is 0 Å². The SMILES string of the molecule is CC[C@H](C)[C@H](N)C(=O)Nc1cccc(N(C)C)c1. The van der Waals surface area contributed by atoms with Crippen LogP contribution < -0.4 is 16.0 Å². The van der Waals surface area contributed by atoms with Crippen LogP contribution >= 0.6 is 0 Å². The second-order valence-corrected chi connectivity index (χ2v) is 4.85. The van der Waals surface area contributed by atoms with Crippen molar-refractivity contribution in [1.29, 1.82) is 0 Å². The summed E-state index contributed by atoms with van der Waals surface area (Å²) in [6.45, 7) is 4.02. The van der Waals surface area contributed by atoms with Crippen LogP contribution in [-0.4, -0.2) is 26.0 Å². The monoisotopic (exact) mass is 249 g/mol. The van der Waals surface area contributed by atoms with Gasteiger partial charge in [0.2, 0.25) is 5.91 Å². The Hall–Kier alpha value is -1.55. The van der Waals surface area contributed by atoms with E-state index in [0.29, 0.717) is 0 Å². The lowest BCUT2D eigenvalue weighted by molar-refractivity contribution is -0.118. The molecule has 0 aliphatic rings. The first-order valence-electron chi connectivity index (χ1n) is 6.29. The highest BCUT2D eigenvalue weighted by Gasteiger charge is 2.19. The Morgan fingerprint density at radius 1 is 1.44 bits per heavy atom. The lowest BCUT2D eigenvalue weighted by atomic mass is 9.99. The van der Waals surface area contributed by atoms with Crippen LogP contribution in [0.25, 0.3) is 0 Å². The van der Waals surface area contributed by atoms with Crippen molar-refractivity contribution in [3.05, 3.63) is 24.3 Å². The van der Waals surface area contributed by atoms with Crippen molar-refractivity contribution in [3.63, 3.8) is 0 Å². The summed E-state index contributed by atoms with van der Waals surface area (Å²) in [5.41, 5.74) is 7.72. The standard InChI is InChI=1S/C14H23N3O/c1-5-10(2)13(15)14(18)16-11-7-6-8-12(9-11)17(3)4/h6-10,13H,5,15H2,1-4H3,(H,16,18)/t10-,13-/m0/s1. The maximum atomic E-state index is 11.9. The number of hydrogen-bond acceptors (Lipinski definition) is 3. The molecular weight excluding hydrogens is 226 g/mol. The fourth-order valence-electron chi connectivity index (χ4n) is 1.60. The smallest absolute Gasteiger partial charge is 0.241 e. The minimum Gasteiger partial charge on any atom is -0.378 e. The van der Waals surface area contributed by atoms with Crippen molar-refractivity contribution in [2.45, 2.75) is 26.3 Å². The predicted molar refractivity (Wildman–Crippen MR) is 76.8 cm³/mol. The maximum absolute atomic E-state index is 11.9. The van der Waals surface area contributed by atoms with Crippen LogP contribution in [0.4, 0.5) is 11.4 Å². The average Bonchev–Trinajstić information content (AvgIpc) is 2.37. The van der Waals surface area contributed by atoms with Crippen LogP contribution in [0.1, 0.15) is 20.3 Å². The third-order valence-electron chi connectivity index (χ3n) is 3.19. The lowest BCUT2D eigenvalue weighted by Gasteiger charge is -2.19. The second-order valence-electron chi connectivity index (χ2n) is 4.85. The third-order valence-corrected chi connectivity index (χ3v) is 3.19. The van der Waals surface area contributed by atoms with Crippen molar-refractivity contribution < 1.29 is 4.79 Å². The number of anilines is 2. The van der Waals surface area contributed by atoms with E-state index in [1.807, 2.05) is 57.1 Å². The molecule has 0 aliphatic carbocycles. The van der Waals surface area contributed by atoms with Crippen LogP contribution in [0.5, 0.6) is 0 Å². The summed E-state index contributed by atoms with van der Waals surface area (Å²) in [6.07, 6.45) is 0.895. The van der Waals surface area contributed by atoms with E-state index in [4.69, 9.17) is 5.73 Å². The summed E-state index contributed by atoms with van der Waals surface area (Å²) >= 11 is 0. The van der Waals surface area contributed by atoms with E-state index in [9.17, 15) is 4.79 Å². The van der Waals surface area contributed by atoms with Crippen molar-refractivity contribution in [3.8, 4) is 0 Å². The van der Waals surface area contributed by atoms with Crippen LogP contribution in [0.15, 0.2) is 24.3 Å². The van der Waals surface area contributed by atoms with E-state index >= 15 is 0 Å². The van der Waals surface area contributed by atoms with Crippen molar-refractivity contribution in [1.82, 2.24) is 0 Å². The Morgan fingerprint density at radius 3 is 2.67 bits per heavy atom. The summed E-state index contributed by atoms with van der Waals surface area (Å²) in [5, 5.41) is 2.86. The fraction of sp³-hybridized carbons (Fsp3) is 0.500. The van der Waals surface area contributed by atoms with Gasteiger partial charge in [-0.3, -0.25) is 4.79 Å². The summed E-state index contributed by atoms with van der Waals surface area (Å²) in [7, 11) is 3.93. The molecule has 4 nitrogen and oxygen atoms in total. The van der Waals surface area contributed by atoms with Crippen LogP contribution in [0.3, 0.4) is 0 Å². The number of carbonyl (C=O) groups excluding carboxylic acids is 1. The minimum atomic E-state index is -0.460. The largest absolute Gasteiger partial charge is 0.378 e. The van der Waals surface area contributed by atoms with E-state index in [2.05, 4.69) is 5.32 Å². The number of nitrogens with one attached hydrogen (secondary N) is 1. The average molecular weight is 249 g/mol. The molecule has 0 saturated heterocycles. The highest BCUT2D eigenvalue weighted by Crippen LogP contribution is 2.18. The fourth-order valence-corrected chi connectivity index (χ4v) is 1.60. The summed E-state index contributed by atoms with van der Waals surface area (Å²) in [4.78, 5) is 13.9. The molecule has 18 heavy (non-hydrogen) atoms. The second kappa shape index (κ2) is 6.40. The molecule has 0 heterocycles. The molecule has 0 bridgehead atoms. The van der Waals surface area contributed by atoms with Gasteiger partial charge < -0.3 is 16.0 Å². The van der Waals surface area contributed by atoms with Gasteiger partial charge in [0.1, 0.15) is 0 Å². The molecule has 1 rings (SSSR count). The molecule has 1 amide bonds. The van der Waals surface area contributed by atoms with Crippen molar-refractivity contribution >= 4 is 17.3 Å². The molecule has 1 aromatic rings. The number of benzene rings is 1. The molecule has 0 aliphatic heterocycles. The Labute approximate surface area is 109 Å². The Kier molecular flexibility index (Phi) is 5.16. The van der Waals surface area contributed by atoms with Crippen LogP contribution in [0.2, 0.25) is 0 Å². The van der Waals surface area contributed by atoms with Gasteiger partial charge in [-0.25, -0.2) is 0 Å². The van der Waals surface area contributed by atoms with E-state index in [-0.39, 0.29) is 11.8 Å². The molecule has 0 aromatic heterocycles. The van der Waals surface area contributed by atoms with E-state index < -0.39 is 6.04 Å². The molecule has 3 N–H and O–H groups in total. The maximum Gasteiger partial charge on any atom is 0.241 e. The quantitative estimate of drug-likeness (QED) is 0.840. The lowest BCUT2D eigenvalue weighted by Crippen LogP contribution is -2.40. The number of amides is 1. The Balaban J connectivity index is 2.73. The number of carbonyl (C=O) groups is 1. The van der Waals surface area contributed by atoms with Gasteiger partial charge in [0.05, 0.1) is 6.04 Å². The molecule has 0 radical (unpaired) electrons. The number of nitrogens with zero attached hydrogens (tertiary/aromatic N) is 1. The van der Waals surface area contributed by atoms with Gasteiger partial charge in [0.25, 0.3) is 0 Å². The molecule has 0 unspecified atom stereocenters. The van der Waals surface area contributed by atoms with E-state index in [1.54, 1.807) is 0 Å². The van der Waals surface area contributed by atoms with Gasteiger partial charge in [-0.1, -0.05) is 26.3 Å². The van der Waals surface area contributed by atoms with E-state index in [1.165, 1.54) is 0 Å². The summed E-state index contributed by atoms with van der Waals surface area (Å²) < 4.78 is 0. The highest BCUT2D eigenvalue weighted by atomic mass is 16.2. The summed E-state index contributed by atoms with van der Waals surface area (Å²) in [5.74, 6) is 0.0577. The molecule has 0 saturated carbocycles. The minimum absolute atomic E-state index is 0.125. The van der Waals surface area contributed by atoms with Crippen LogP contribution in [-0.2, 0) is 4.79 Å². The van der Waals surface area contributed by atoms with Gasteiger partial charge in [0.15, 0.2) is 0 Å². The van der Waals surface area contributed by atoms with E-state index in [0.717, 1.165) is 17.8 Å². The third kappa shape index (κ3) is 3.74. The Morgan fingerprint density at radius 2 is 2.11 bits per heavy atom. The van der Waals surface area contributed by atoms with Gasteiger partial charge in [0, 0.05) is 25.5 Å².